The third-order valence-corrected chi connectivity index (χ3v) is 17.0. The Bertz CT molecular complexity index is 2990. The van der Waals surface area contributed by atoms with Crippen molar-refractivity contribution in [1.82, 2.24) is 9.13 Å². The molecule has 0 aliphatic carbocycles. The average Bonchev–Trinajstić information content (AvgIpc) is 3.97. The standard InChI is InChI=1S/C46H32N2S2Si/c1-51(2)43-20-12-10-18-34(43)36-26-30(22-24-44(36)51)42-28-40-46(50-42)45-39(48(40)32-15-7-4-8-16-32)27-41(49-45)29-21-23-38-35(25-29)33-17-9-11-19-37(33)47(38)31-13-5-3-6-14-31/h3-28H,1-2H3. The molecule has 4 aromatic heterocycles. The third kappa shape index (κ3) is 4.20. The molecule has 1 aliphatic heterocycles. The van der Waals surface area contributed by atoms with E-state index < -0.39 is 8.07 Å². The number of thiophene rings is 2. The van der Waals surface area contributed by atoms with Crippen LogP contribution in [0.25, 0.3) is 85.6 Å². The molecule has 0 radical (unpaired) electrons. The van der Waals surface area contributed by atoms with E-state index in [1.807, 2.05) is 22.7 Å². The van der Waals surface area contributed by atoms with E-state index in [9.17, 15) is 0 Å². The van der Waals surface area contributed by atoms with Crippen molar-refractivity contribution in [2.24, 2.45) is 0 Å². The third-order valence-electron chi connectivity index (χ3n) is 11.0. The predicted octanol–water partition coefficient (Wildman–Crippen LogP) is 12.1. The van der Waals surface area contributed by atoms with E-state index in [0.29, 0.717) is 0 Å². The Labute approximate surface area is 305 Å². The number of benzene rings is 6. The first-order valence-corrected chi connectivity index (χ1v) is 22.1. The number of para-hydroxylation sites is 3. The van der Waals surface area contributed by atoms with Gasteiger partial charge >= 0.3 is 0 Å². The van der Waals surface area contributed by atoms with Gasteiger partial charge in [-0.2, -0.15) is 0 Å². The van der Waals surface area contributed by atoms with Crippen molar-refractivity contribution in [3.63, 3.8) is 0 Å². The molecule has 2 nitrogen and oxygen atoms in total. The van der Waals surface area contributed by atoms with Crippen molar-refractivity contribution in [1.29, 1.82) is 0 Å². The van der Waals surface area contributed by atoms with E-state index in [1.165, 1.54) is 85.6 Å². The quantitative estimate of drug-likeness (QED) is 0.161. The average molecular weight is 705 g/mol. The minimum atomic E-state index is -1.69. The van der Waals surface area contributed by atoms with Gasteiger partial charge in [-0.15, -0.1) is 22.7 Å². The Morgan fingerprint density at radius 2 is 0.941 bits per heavy atom. The normalized spacial score (nSPS) is 13.5. The van der Waals surface area contributed by atoms with Gasteiger partial charge in [0.25, 0.3) is 0 Å². The van der Waals surface area contributed by atoms with Gasteiger partial charge in [0.15, 0.2) is 0 Å². The fraction of sp³-hybridized carbons (Fsp3) is 0.0435. The zero-order chi connectivity index (χ0) is 33.8. The van der Waals surface area contributed by atoms with Crippen LogP contribution in [0.3, 0.4) is 0 Å². The number of nitrogens with zero attached hydrogens (tertiary/aromatic N) is 2. The monoisotopic (exact) mass is 704 g/mol. The Balaban J connectivity index is 1.09. The topological polar surface area (TPSA) is 9.86 Å². The highest BCUT2D eigenvalue weighted by molar-refractivity contribution is 7.30. The lowest BCUT2D eigenvalue weighted by atomic mass is 10.0. The molecule has 0 saturated carbocycles. The largest absolute Gasteiger partial charge is 0.309 e. The van der Waals surface area contributed by atoms with Crippen LogP contribution < -0.4 is 10.4 Å². The van der Waals surface area contributed by atoms with Gasteiger partial charge in [0, 0.05) is 31.9 Å². The van der Waals surface area contributed by atoms with Crippen molar-refractivity contribution in [2.75, 3.05) is 0 Å². The zero-order valence-electron chi connectivity index (χ0n) is 28.2. The lowest BCUT2D eigenvalue weighted by Gasteiger charge is -2.18. The van der Waals surface area contributed by atoms with Crippen LogP contribution in [0.15, 0.2) is 158 Å². The molecule has 0 N–H and O–H groups in total. The van der Waals surface area contributed by atoms with Crippen LogP contribution in [0.5, 0.6) is 0 Å². The highest BCUT2D eigenvalue weighted by atomic mass is 32.1. The summed E-state index contributed by atoms with van der Waals surface area (Å²) in [6, 6.07) is 58.5. The second-order valence-electron chi connectivity index (χ2n) is 14.2. The molecule has 0 spiro atoms. The second kappa shape index (κ2) is 10.8. The molecule has 0 atom stereocenters. The predicted molar refractivity (Wildman–Crippen MR) is 224 cm³/mol. The van der Waals surface area contributed by atoms with E-state index in [4.69, 9.17) is 0 Å². The molecule has 5 heteroatoms. The van der Waals surface area contributed by atoms with Crippen molar-refractivity contribution in [3.8, 4) is 43.4 Å². The summed E-state index contributed by atoms with van der Waals surface area (Å²) >= 11 is 3.85. The van der Waals surface area contributed by atoms with Gasteiger partial charge in [-0.05, 0) is 93.3 Å². The van der Waals surface area contributed by atoms with Crippen LogP contribution in [0, 0.1) is 0 Å². The maximum Gasteiger partial charge on any atom is 0.113 e. The maximum atomic E-state index is 2.49. The van der Waals surface area contributed by atoms with Gasteiger partial charge in [-0.1, -0.05) is 110 Å². The van der Waals surface area contributed by atoms with Crippen molar-refractivity contribution >= 4 is 83.4 Å². The summed E-state index contributed by atoms with van der Waals surface area (Å²) in [6.07, 6.45) is 0. The van der Waals surface area contributed by atoms with Gasteiger partial charge in [0.05, 0.1) is 31.5 Å². The summed E-state index contributed by atoms with van der Waals surface area (Å²) in [5, 5.41) is 5.67. The molecule has 0 fully saturated rings. The molecule has 51 heavy (non-hydrogen) atoms. The Morgan fingerprint density at radius 1 is 0.412 bits per heavy atom. The Morgan fingerprint density at radius 3 is 1.65 bits per heavy atom. The molecule has 6 aromatic carbocycles. The first-order chi connectivity index (χ1) is 25.0. The molecule has 5 heterocycles. The van der Waals surface area contributed by atoms with E-state index in [-0.39, 0.29) is 0 Å². The summed E-state index contributed by atoms with van der Waals surface area (Å²) in [6.45, 7) is 4.98. The van der Waals surface area contributed by atoms with Crippen molar-refractivity contribution in [2.45, 2.75) is 13.1 Å². The van der Waals surface area contributed by atoms with Gasteiger partial charge in [0.2, 0.25) is 0 Å². The lowest BCUT2D eigenvalue weighted by Crippen LogP contribution is -2.49. The zero-order valence-corrected chi connectivity index (χ0v) is 30.9. The van der Waals surface area contributed by atoms with E-state index >= 15 is 0 Å². The van der Waals surface area contributed by atoms with Gasteiger partial charge in [0.1, 0.15) is 8.07 Å². The number of hydrogen-bond donors (Lipinski definition) is 0. The summed E-state index contributed by atoms with van der Waals surface area (Å²) in [5.74, 6) is 0. The summed E-state index contributed by atoms with van der Waals surface area (Å²) < 4.78 is 7.58. The second-order valence-corrected chi connectivity index (χ2v) is 20.6. The first kappa shape index (κ1) is 29.3. The van der Waals surface area contributed by atoms with Crippen LogP contribution in [-0.4, -0.2) is 17.2 Å². The van der Waals surface area contributed by atoms with Gasteiger partial charge in [-0.3, -0.25) is 0 Å². The molecular weight excluding hydrogens is 673 g/mol. The number of rotatable bonds is 4. The van der Waals surface area contributed by atoms with Crippen LogP contribution in [-0.2, 0) is 0 Å². The van der Waals surface area contributed by atoms with Crippen molar-refractivity contribution in [3.05, 3.63) is 158 Å². The minimum absolute atomic E-state index is 1.18. The van der Waals surface area contributed by atoms with Crippen molar-refractivity contribution < 1.29 is 0 Å². The van der Waals surface area contributed by atoms with Crippen LogP contribution in [0.2, 0.25) is 13.1 Å². The van der Waals surface area contributed by atoms with Crippen LogP contribution >= 0.6 is 22.7 Å². The van der Waals surface area contributed by atoms with Crippen LogP contribution in [0.1, 0.15) is 0 Å². The molecule has 0 bridgehead atoms. The summed E-state index contributed by atoms with van der Waals surface area (Å²) in [4.78, 5) is 2.62. The van der Waals surface area contributed by atoms with E-state index in [2.05, 4.69) is 180 Å². The molecule has 10 aromatic rings. The number of aromatic nitrogens is 2. The molecule has 242 valence electrons. The molecular formula is C46H32N2S2Si. The maximum absolute atomic E-state index is 2.49. The van der Waals surface area contributed by atoms with E-state index in [1.54, 1.807) is 10.4 Å². The number of hydrogen-bond acceptors (Lipinski definition) is 2. The molecule has 0 saturated heterocycles. The fourth-order valence-electron chi connectivity index (χ4n) is 8.54. The lowest BCUT2D eigenvalue weighted by molar-refractivity contribution is 1.18. The Hall–Kier alpha value is -5.46. The number of fused-ring (bicyclic) bond motifs is 9. The molecule has 11 rings (SSSR count). The molecule has 0 unspecified atom stereocenters. The molecule has 0 amide bonds. The minimum Gasteiger partial charge on any atom is -0.309 e. The Kier molecular flexibility index (Phi) is 6.18. The van der Waals surface area contributed by atoms with E-state index in [0.717, 1.165) is 0 Å². The van der Waals surface area contributed by atoms with Gasteiger partial charge in [-0.25, -0.2) is 0 Å². The smallest absolute Gasteiger partial charge is 0.113 e. The SMILES string of the molecule is C[Si]1(C)c2ccccc2-c2cc(-c3cc4c(s3)c3sc(-c5ccc6c(c5)c5ccccc5n6-c5ccccc5)cc3n4-c3ccccc3)ccc21. The summed E-state index contributed by atoms with van der Waals surface area (Å²) in [5.41, 5.74) is 12.8. The highest BCUT2D eigenvalue weighted by Gasteiger charge is 2.37. The molecule has 1 aliphatic rings. The highest BCUT2D eigenvalue weighted by Crippen LogP contribution is 2.47. The van der Waals surface area contributed by atoms with Crippen LogP contribution in [0.4, 0.5) is 0 Å². The first-order valence-electron chi connectivity index (χ1n) is 17.5. The van der Waals surface area contributed by atoms with Gasteiger partial charge < -0.3 is 9.13 Å². The summed E-state index contributed by atoms with van der Waals surface area (Å²) in [7, 11) is -1.69. The fourth-order valence-corrected chi connectivity index (χ4v) is 14.0.